The Morgan fingerprint density at radius 2 is 1.90 bits per heavy atom. The van der Waals surface area contributed by atoms with Crippen molar-refractivity contribution in [2.75, 3.05) is 5.32 Å². The van der Waals surface area contributed by atoms with E-state index in [4.69, 9.17) is 0 Å². The van der Waals surface area contributed by atoms with Crippen molar-refractivity contribution in [1.82, 2.24) is 9.55 Å². The summed E-state index contributed by atoms with van der Waals surface area (Å²) in [6.07, 6.45) is 2.80. The van der Waals surface area contributed by atoms with E-state index in [2.05, 4.69) is 24.1 Å². The van der Waals surface area contributed by atoms with Crippen LogP contribution < -0.4 is 5.32 Å². The van der Waals surface area contributed by atoms with Crippen LogP contribution in [0.5, 0.6) is 0 Å². The predicted octanol–water partition coefficient (Wildman–Crippen LogP) is 3.47. The molecule has 21 heavy (non-hydrogen) atoms. The van der Waals surface area contributed by atoms with Crippen molar-refractivity contribution in [2.24, 2.45) is 11.3 Å². The molecular formula is C17H21N3O. The molecule has 0 unspecified atom stereocenters. The second kappa shape index (κ2) is 4.72. The zero-order valence-corrected chi connectivity index (χ0v) is 13.0. The van der Waals surface area contributed by atoms with Crippen molar-refractivity contribution in [3.05, 3.63) is 42.0 Å². The highest BCUT2D eigenvalue weighted by atomic mass is 16.2. The molecule has 1 fully saturated rings. The molecule has 0 radical (unpaired) electrons. The summed E-state index contributed by atoms with van der Waals surface area (Å²) in [5.74, 6) is 0.276. The summed E-state index contributed by atoms with van der Waals surface area (Å²) in [4.78, 5) is 16.4. The average Bonchev–Trinajstić information content (AvgIpc) is 2.96. The number of imidazole rings is 1. The van der Waals surface area contributed by atoms with Gasteiger partial charge in [0.1, 0.15) is 0 Å². The third kappa shape index (κ3) is 2.58. The molecule has 3 rings (SSSR count). The minimum absolute atomic E-state index is 0.127. The number of carbonyl (C=O) groups is 1. The Hall–Kier alpha value is -2.10. The normalized spacial score (nSPS) is 19.3. The van der Waals surface area contributed by atoms with Gasteiger partial charge in [0.2, 0.25) is 5.91 Å². The van der Waals surface area contributed by atoms with Crippen LogP contribution in [0.25, 0.3) is 5.69 Å². The number of hydrogen-bond donors (Lipinski definition) is 1. The lowest BCUT2D eigenvalue weighted by Gasteiger charge is -2.09. The molecule has 0 saturated heterocycles. The van der Waals surface area contributed by atoms with Crippen molar-refractivity contribution in [2.45, 2.75) is 34.1 Å². The van der Waals surface area contributed by atoms with E-state index in [9.17, 15) is 4.79 Å². The highest BCUT2D eigenvalue weighted by Gasteiger charge is 2.50. The largest absolute Gasteiger partial charge is 0.326 e. The van der Waals surface area contributed by atoms with Gasteiger partial charge in [-0.2, -0.15) is 0 Å². The molecule has 0 bridgehead atoms. The van der Waals surface area contributed by atoms with Gasteiger partial charge >= 0.3 is 0 Å². The number of rotatable bonds is 3. The maximum absolute atomic E-state index is 12.1. The van der Waals surface area contributed by atoms with Crippen molar-refractivity contribution < 1.29 is 4.79 Å². The number of anilines is 1. The molecule has 1 saturated carbocycles. The van der Waals surface area contributed by atoms with E-state index in [1.165, 1.54) is 0 Å². The lowest BCUT2D eigenvalue weighted by molar-refractivity contribution is -0.118. The number of aromatic nitrogens is 2. The van der Waals surface area contributed by atoms with Crippen molar-refractivity contribution >= 4 is 11.6 Å². The summed E-state index contributed by atoms with van der Waals surface area (Å²) in [7, 11) is 0. The topological polar surface area (TPSA) is 46.9 Å². The van der Waals surface area contributed by atoms with E-state index >= 15 is 0 Å². The minimum atomic E-state index is 0.127. The molecule has 1 aromatic heterocycles. The van der Waals surface area contributed by atoms with Crippen molar-refractivity contribution in [3.8, 4) is 5.69 Å². The van der Waals surface area contributed by atoms with Crippen LogP contribution in [0.2, 0.25) is 0 Å². The Balaban J connectivity index is 1.73. The molecule has 110 valence electrons. The van der Waals surface area contributed by atoms with Gasteiger partial charge in [0.25, 0.3) is 0 Å². The van der Waals surface area contributed by atoms with E-state index in [1.807, 2.05) is 49.0 Å². The SMILES string of the molecule is Cc1ncn(-c2ccc(NC(=O)[C@H]3CC3(C)C)cc2)c1C. The fraction of sp³-hybridized carbons (Fsp3) is 0.412. The monoisotopic (exact) mass is 283 g/mol. The van der Waals surface area contributed by atoms with Gasteiger partial charge in [0.05, 0.1) is 12.0 Å². The molecule has 1 amide bonds. The predicted molar refractivity (Wildman–Crippen MR) is 83.6 cm³/mol. The van der Waals surface area contributed by atoms with Gasteiger partial charge in [-0.05, 0) is 49.9 Å². The minimum Gasteiger partial charge on any atom is -0.326 e. The first-order valence-corrected chi connectivity index (χ1v) is 7.30. The maximum atomic E-state index is 12.1. The Morgan fingerprint density at radius 1 is 1.29 bits per heavy atom. The fourth-order valence-corrected chi connectivity index (χ4v) is 2.61. The Morgan fingerprint density at radius 3 is 2.38 bits per heavy atom. The first-order valence-electron chi connectivity index (χ1n) is 7.30. The molecule has 4 nitrogen and oxygen atoms in total. The summed E-state index contributed by atoms with van der Waals surface area (Å²) in [6.45, 7) is 8.31. The van der Waals surface area contributed by atoms with Crippen molar-refractivity contribution in [1.29, 1.82) is 0 Å². The number of nitrogens with zero attached hydrogens (tertiary/aromatic N) is 2. The standard InChI is InChI=1S/C17H21N3O/c1-11-12(2)20(10-18-11)14-7-5-13(6-8-14)19-16(21)15-9-17(15,3)4/h5-8,10,15H,9H2,1-4H3,(H,19,21)/t15-/m1/s1. The molecule has 1 N–H and O–H groups in total. The quantitative estimate of drug-likeness (QED) is 0.937. The zero-order chi connectivity index (χ0) is 15.2. The molecule has 1 heterocycles. The van der Waals surface area contributed by atoms with Crippen LogP contribution in [0.15, 0.2) is 30.6 Å². The van der Waals surface area contributed by atoms with Crippen LogP contribution in [-0.4, -0.2) is 15.5 Å². The van der Waals surface area contributed by atoms with Gasteiger partial charge in [-0.3, -0.25) is 4.79 Å². The van der Waals surface area contributed by atoms with E-state index in [0.717, 1.165) is 29.2 Å². The Kier molecular flexibility index (Phi) is 3.12. The number of carbonyl (C=O) groups excluding carboxylic acids is 1. The third-order valence-electron chi connectivity index (χ3n) is 4.49. The second-order valence-electron chi connectivity index (χ2n) is 6.57. The molecule has 0 aliphatic heterocycles. The lowest BCUT2D eigenvalue weighted by atomic mass is 10.1. The summed E-state index contributed by atoms with van der Waals surface area (Å²) < 4.78 is 2.05. The molecule has 1 aliphatic rings. The van der Waals surface area contributed by atoms with Crippen LogP contribution in [0.4, 0.5) is 5.69 Å². The van der Waals surface area contributed by atoms with Gasteiger partial charge in [-0.1, -0.05) is 13.8 Å². The van der Waals surface area contributed by atoms with Crippen LogP contribution in [-0.2, 0) is 4.79 Å². The molecule has 1 aliphatic carbocycles. The zero-order valence-electron chi connectivity index (χ0n) is 13.0. The van der Waals surface area contributed by atoms with Crippen LogP contribution in [0.3, 0.4) is 0 Å². The molecular weight excluding hydrogens is 262 g/mol. The highest BCUT2D eigenvalue weighted by molar-refractivity contribution is 5.95. The van der Waals surface area contributed by atoms with Gasteiger partial charge in [-0.25, -0.2) is 4.98 Å². The van der Waals surface area contributed by atoms with Gasteiger partial charge in [0.15, 0.2) is 0 Å². The second-order valence-corrected chi connectivity index (χ2v) is 6.57. The summed E-state index contributed by atoms with van der Waals surface area (Å²) in [5, 5.41) is 2.99. The van der Waals surface area contributed by atoms with Crippen LogP contribution in [0.1, 0.15) is 31.7 Å². The van der Waals surface area contributed by atoms with Crippen molar-refractivity contribution in [3.63, 3.8) is 0 Å². The number of amides is 1. The molecule has 1 aromatic carbocycles. The molecule has 0 spiro atoms. The number of aryl methyl sites for hydroxylation is 1. The summed E-state index contributed by atoms with van der Waals surface area (Å²) >= 11 is 0. The van der Waals surface area contributed by atoms with E-state index in [-0.39, 0.29) is 17.2 Å². The fourth-order valence-electron chi connectivity index (χ4n) is 2.61. The molecule has 1 atom stereocenters. The molecule has 4 heteroatoms. The van der Waals surface area contributed by atoms with E-state index in [0.29, 0.717) is 0 Å². The summed E-state index contributed by atoms with van der Waals surface area (Å²) in [6, 6.07) is 7.89. The lowest BCUT2D eigenvalue weighted by Crippen LogP contribution is -2.16. The average molecular weight is 283 g/mol. The van der Waals surface area contributed by atoms with E-state index < -0.39 is 0 Å². The Bertz CT molecular complexity index is 683. The number of nitrogens with one attached hydrogen (secondary N) is 1. The van der Waals surface area contributed by atoms with Crippen LogP contribution >= 0.6 is 0 Å². The van der Waals surface area contributed by atoms with Gasteiger partial charge in [-0.15, -0.1) is 0 Å². The first-order chi connectivity index (χ1) is 9.88. The summed E-state index contributed by atoms with van der Waals surface area (Å²) in [5.41, 5.74) is 4.23. The number of hydrogen-bond acceptors (Lipinski definition) is 2. The molecule has 2 aromatic rings. The third-order valence-corrected chi connectivity index (χ3v) is 4.49. The van der Waals surface area contributed by atoms with Gasteiger partial charge in [0, 0.05) is 23.0 Å². The van der Waals surface area contributed by atoms with Gasteiger partial charge < -0.3 is 9.88 Å². The maximum Gasteiger partial charge on any atom is 0.228 e. The first kappa shape index (κ1) is 13.9. The van der Waals surface area contributed by atoms with Crippen LogP contribution in [0, 0.1) is 25.2 Å². The Labute approximate surface area is 125 Å². The smallest absolute Gasteiger partial charge is 0.228 e. The number of benzene rings is 1. The highest BCUT2D eigenvalue weighted by Crippen LogP contribution is 2.51. The van der Waals surface area contributed by atoms with E-state index in [1.54, 1.807) is 0 Å².